The van der Waals surface area contributed by atoms with Gasteiger partial charge in [0.05, 0.1) is 14.2 Å². The Morgan fingerprint density at radius 3 is 2.77 bits per heavy atom. The molecule has 2 rings (SSSR count). The van der Waals surface area contributed by atoms with E-state index in [9.17, 15) is 4.21 Å². The molecule has 0 saturated heterocycles. The molecular weight excluding hydrogens is 350 g/mol. The molecule has 0 bridgehead atoms. The highest BCUT2D eigenvalue weighted by atomic mass is 32.2. The van der Waals surface area contributed by atoms with E-state index in [4.69, 9.17) is 9.47 Å². The van der Waals surface area contributed by atoms with E-state index in [0.717, 1.165) is 54.5 Å². The summed E-state index contributed by atoms with van der Waals surface area (Å²) in [6.07, 6.45) is 4.20. The van der Waals surface area contributed by atoms with Gasteiger partial charge in [-0.15, -0.1) is 0 Å². The lowest BCUT2D eigenvalue weighted by Gasteiger charge is -2.30. The normalized spacial score (nSPS) is 21.8. The molecule has 0 heterocycles. The average Bonchev–Trinajstić information content (AvgIpc) is 2.70. The Morgan fingerprint density at radius 1 is 1.31 bits per heavy atom. The average molecular weight is 382 g/mol. The number of rotatable bonds is 7. The van der Waals surface area contributed by atoms with Crippen LogP contribution >= 0.6 is 0 Å². The third-order valence-corrected chi connectivity index (χ3v) is 6.53. The Balaban J connectivity index is 1.93. The summed E-state index contributed by atoms with van der Waals surface area (Å²) in [5, 5.41) is 7.13. The van der Waals surface area contributed by atoms with Gasteiger partial charge in [0, 0.05) is 53.1 Å². The first kappa shape index (κ1) is 20.6. The van der Waals surface area contributed by atoms with Gasteiger partial charge in [-0.25, -0.2) is 0 Å². The zero-order valence-corrected chi connectivity index (χ0v) is 17.0. The zero-order valence-electron chi connectivity index (χ0n) is 16.2. The zero-order chi connectivity index (χ0) is 18.9. The molecule has 3 atom stereocenters. The monoisotopic (exact) mass is 381 g/mol. The summed E-state index contributed by atoms with van der Waals surface area (Å²) in [6, 6.07) is 6.09. The Kier molecular flexibility index (Phi) is 8.22. The van der Waals surface area contributed by atoms with Crippen molar-refractivity contribution in [3.05, 3.63) is 23.8 Å². The number of guanidine groups is 1. The molecule has 3 unspecified atom stereocenters. The maximum Gasteiger partial charge on any atom is 0.191 e. The molecule has 0 aliphatic heterocycles. The Bertz CT molecular complexity index is 636. The van der Waals surface area contributed by atoms with E-state index in [2.05, 4.69) is 15.6 Å². The van der Waals surface area contributed by atoms with Crippen LogP contribution in [0.1, 0.15) is 38.2 Å². The lowest BCUT2D eigenvalue weighted by molar-refractivity contribution is 0.390. The minimum absolute atomic E-state index is 0.297. The predicted molar refractivity (Wildman–Crippen MR) is 108 cm³/mol. The van der Waals surface area contributed by atoms with Gasteiger partial charge in [0.2, 0.25) is 0 Å². The van der Waals surface area contributed by atoms with Crippen molar-refractivity contribution in [3.8, 4) is 11.5 Å². The van der Waals surface area contributed by atoms with Crippen molar-refractivity contribution >= 4 is 16.8 Å². The molecule has 1 fully saturated rings. The molecule has 146 valence electrons. The number of nitrogens with one attached hydrogen (secondary N) is 2. The number of aliphatic imine (C=N–C) groups is 1. The van der Waals surface area contributed by atoms with E-state index in [1.807, 2.05) is 25.1 Å². The van der Waals surface area contributed by atoms with Crippen LogP contribution in [0.15, 0.2) is 23.2 Å². The van der Waals surface area contributed by atoms with Crippen molar-refractivity contribution in [1.29, 1.82) is 0 Å². The van der Waals surface area contributed by atoms with E-state index in [1.54, 1.807) is 21.3 Å². The Hall–Kier alpha value is -1.76. The van der Waals surface area contributed by atoms with Crippen LogP contribution in [0.2, 0.25) is 0 Å². The summed E-state index contributed by atoms with van der Waals surface area (Å²) in [4.78, 5) is 4.33. The van der Waals surface area contributed by atoms with E-state index < -0.39 is 10.8 Å². The Labute approximate surface area is 159 Å². The van der Waals surface area contributed by atoms with Crippen LogP contribution < -0.4 is 20.1 Å². The minimum atomic E-state index is -0.721. The molecule has 7 heteroatoms. The molecule has 1 saturated carbocycles. The fourth-order valence-electron chi connectivity index (χ4n) is 3.32. The van der Waals surface area contributed by atoms with Crippen molar-refractivity contribution in [3.63, 3.8) is 0 Å². The molecule has 0 aromatic heterocycles. The standard InChI is InChI=1S/C19H31N3O3S/c1-5-26(23)17-8-6-7-15(11-17)22-19(20-2)21-13-14-9-10-16(24-3)12-18(14)25-4/h9-10,12,15,17H,5-8,11,13H2,1-4H3,(H2,20,21,22). The van der Waals surface area contributed by atoms with Crippen LogP contribution in [0, 0.1) is 0 Å². The summed E-state index contributed by atoms with van der Waals surface area (Å²) in [5.74, 6) is 3.05. The van der Waals surface area contributed by atoms with Gasteiger partial charge in [0.1, 0.15) is 11.5 Å². The first-order valence-electron chi connectivity index (χ1n) is 9.16. The topological polar surface area (TPSA) is 72.0 Å². The molecule has 0 radical (unpaired) electrons. The first-order valence-corrected chi connectivity index (χ1v) is 10.5. The third kappa shape index (κ3) is 5.62. The molecule has 1 aliphatic carbocycles. The summed E-state index contributed by atoms with van der Waals surface area (Å²) < 4.78 is 22.8. The van der Waals surface area contributed by atoms with Crippen molar-refractivity contribution in [2.24, 2.45) is 4.99 Å². The van der Waals surface area contributed by atoms with Crippen molar-refractivity contribution in [1.82, 2.24) is 10.6 Å². The maximum absolute atomic E-state index is 12.1. The van der Waals surface area contributed by atoms with Crippen LogP contribution in [-0.2, 0) is 17.3 Å². The quantitative estimate of drug-likeness (QED) is 0.561. The fraction of sp³-hybridized carbons (Fsp3) is 0.632. The van der Waals surface area contributed by atoms with Crippen molar-refractivity contribution in [2.75, 3.05) is 27.0 Å². The molecule has 1 aliphatic rings. The van der Waals surface area contributed by atoms with Gasteiger partial charge in [-0.3, -0.25) is 9.20 Å². The van der Waals surface area contributed by atoms with Crippen molar-refractivity contribution < 1.29 is 13.7 Å². The Morgan fingerprint density at radius 2 is 2.12 bits per heavy atom. The molecule has 2 N–H and O–H groups in total. The molecule has 26 heavy (non-hydrogen) atoms. The second-order valence-electron chi connectivity index (χ2n) is 6.40. The van der Waals surface area contributed by atoms with Crippen LogP contribution in [0.5, 0.6) is 11.5 Å². The molecule has 0 amide bonds. The molecule has 6 nitrogen and oxygen atoms in total. The van der Waals surface area contributed by atoms with Crippen LogP contribution in [0.3, 0.4) is 0 Å². The number of hydrogen-bond acceptors (Lipinski definition) is 4. The number of ether oxygens (including phenoxy) is 2. The SMILES string of the molecule is CCS(=O)C1CCCC(NC(=NC)NCc2ccc(OC)cc2OC)C1. The van der Waals surface area contributed by atoms with Gasteiger partial charge in [0.25, 0.3) is 0 Å². The molecule has 1 aromatic carbocycles. The highest BCUT2D eigenvalue weighted by Gasteiger charge is 2.26. The molecular formula is C19H31N3O3S. The van der Waals surface area contributed by atoms with E-state index >= 15 is 0 Å². The number of methoxy groups -OCH3 is 2. The second-order valence-corrected chi connectivity index (χ2v) is 8.41. The minimum Gasteiger partial charge on any atom is -0.497 e. The smallest absolute Gasteiger partial charge is 0.191 e. The highest BCUT2D eigenvalue weighted by Crippen LogP contribution is 2.25. The second kappa shape index (κ2) is 10.4. The largest absolute Gasteiger partial charge is 0.497 e. The van der Waals surface area contributed by atoms with Crippen LogP contribution in [0.4, 0.5) is 0 Å². The van der Waals surface area contributed by atoms with Gasteiger partial charge in [-0.1, -0.05) is 13.3 Å². The van der Waals surface area contributed by atoms with Gasteiger partial charge in [-0.05, 0) is 31.4 Å². The van der Waals surface area contributed by atoms with Crippen LogP contribution in [-0.4, -0.2) is 48.5 Å². The first-order chi connectivity index (χ1) is 12.6. The van der Waals surface area contributed by atoms with E-state index in [1.165, 1.54) is 0 Å². The molecule has 1 aromatic rings. The van der Waals surface area contributed by atoms with Gasteiger partial charge < -0.3 is 20.1 Å². The van der Waals surface area contributed by atoms with E-state index in [0.29, 0.717) is 17.8 Å². The summed E-state index contributed by atoms with van der Waals surface area (Å²) in [6.45, 7) is 2.60. The summed E-state index contributed by atoms with van der Waals surface area (Å²) in [5.41, 5.74) is 1.03. The summed E-state index contributed by atoms with van der Waals surface area (Å²) in [7, 11) is 4.34. The van der Waals surface area contributed by atoms with E-state index in [-0.39, 0.29) is 0 Å². The lowest BCUT2D eigenvalue weighted by atomic mass is 9.95. The maximum atomic E-state index is 12.1. The highest BCUT2D eigenvalue weighted by molar-refractivity contribution is 7.85. The van der Waals surface area contributed by atoms with Gasteiger partial charge >= 0.3 is 0 Å². The fourth-order valence-corrected chi connectivity index (χ4v) is 4.66. The summed E-state index contributed by atoms with van der Waals surface area (Å²) >= 11 is 0. The molecule has 0 spiro atoms. The van der Waals surface area contributed by atoms with Gasteiger partial charge in [-0.2, -0.15) is 0 Å². The van der Waals surface area contributed by atoms with Crippen LogP contribution in [0.25, 0.3) is 0 Å². The third-order valence-electron chi connectivity index (χ3n) is 4.79. The van der Waals surface area contributed by atoms with Gasteiger partial charge in [0.15, 0.2) is 5.96 Å². The lowest BCUT2D eigenvalue weighted by Crippen LogP contribution is -2.46. The number of hydrogen-bond donors (Lipinski definition) is 2. The van der Waals surface area contributed by atoms with Crippen molar-refractivity contribution in [2.45, 2.75) is 50.4 Å². The predicted octanol–water partition coefficient (Wildman–Crippen LogP) is 2.45. The number of nitrogens with zero attached hydrogens (tertiary/aromatic N) is 1. The number of benzene rings is 1.